The highest BCUT2D eigenvalue weighted by atomic mass is 16.5. The Bertz CT molecular complexity index is 584. The highest BCUT2D eigenvalue weighted by molar-refractivity contribution is 5.80. The molecular weight excluding hydrogens is 258 g/mol. The largest absolute Gasteiger partial charge is 0.475 e. The van der Waals surface area contributed by atoms with Gasteiger partial charge in [0.2, 0.25) is 11.8 Å². The molecule has 2 aromatic heterocycles. The zero-order chi connectivity index (χ0) is 13.9. The van der Waals surface area contributed by atoms with Crippen molar-refractivity contribution in [2.45, 2.75) is 25.3 Å². The number of hydrogen-bond acceptors (Lipinski definition) is 7. The lowest BCUT2D eigenvalue weighted by atomic mass is 10.0. The molecule has 0 radical (unpaired) electrons. The van der Waals surface area contributed by atoms with E-state index in [1.165, 1.54) is 12.8 Å². The first-order valence-corrected chi connectivity index (χ1v) is 6.78. The fourth-order valence-electron chi connectivity index (χ4n) is 2.51. The van der Waals surface area contributed by atoms with Crippen molar-refractivity contribution in [3.05, 3.63) is 6.20 Å². The smallest absolute Gasteiger partial charge is 0.242 e. The monoisotopic (exact) mass is 277 g/mol. The van der Waals surface area contributed by atoms with Gasteiger partial charge >= 0.3 is 0 Å². The van der Waals surface area contributed by atoms with Crippen molar-refractivity contribution in [3.63, 3.8) is 0 Å². The molecule has 1 atom stereocenters. The van der Waals surface area contributed by atoms with E-state index in [1.54, 1.807) is 6.20 Å². The summed E-state index contributed by atoms with van der Waals surface area (Å²) in [6.07, 6.45) is 5.32. The van der Waals surface area contributed by atoms with E-state index >= 15 is 0 Å². The van der Waals surface area contributed by atoms with E-state index in [9.17, 15) is 0 Å². The number of likely N-dealkylation sites (tertiary alicyclic amines) is 1. The number of hydrazine groups is 1. The van der Waals surface area contributed by atoms with Crippen molar-refractivity contribution in [2.24, 2.45) is 5.84 Å². The molecule has 0 aromatic carbocycles. The molecule has 8 nitrogen and oxygen atoms in total. The predicted octanol–water partition coefficient (Wildman–Crippen LogP) is 0.502. The summed E-state index contributed by atoms with van der Waals surface area (Å²) in [5.74, 6) is 6.19. The van der Waals surface area contributed by atoms with E-state index in [0.717, 1.165) is 18.4 Å². The lowest BCUT2D eigenvalue weighted by molar-refractivity contribution is 0.123. The van der Waals surface area contributed by atoms with Gasteiger partial charge in [0.1, 0.15) is 12.0 Å². The Balaban J connectivity index is 1.77. The van der Waals surface area contributed by atoms with Crippen molar-refractivity contribution in [1.29, 1.82) is 0 Å². The maximum atomic E-state index is 5.88. The number of anilines is 1. The van der Waals surface area contributed by atoms with Crippen LogP contribution in [0.5, 0.6) is 5.88 Å². The van der Waals surface area contributed by atoms with Gasteiger partial charge in [-0.3, -0.25) is 10.5 Å². The summed E-state index contributed by atoms with van der Waals surface area (Å²) in [5.41, 5.74) is 3.05. The SMILES string of the molecule is CN1CCCCC1COc1nc(NN)nc2[nH]ncc12. The number of likely N-dealkylation sites (N-methyl/N-ethyl adjacent to an activating group) is 1. The standard InChI is InChI=1S/C12H19N7O/c1-19-5-3-2-4-8(19)7-20-11-9-6-14-18-10(9)15-12(16-11)17-13/h6,8H,2-5,7,13H2,1H3,(H2,14,15,16,17,18). The number of nitrogens with one attached hydrogen (secondary N) is 2. The highest BCUT2D eigenvalue weighted by Gasteiger charge is 2.20. The zero-order valence-corrected chi connectivity index (χ0v) is 11.5. The first-order valence-electron chi connectivity index (χ1n) is 6.78. The molecule has 1 aliphatic rings. The van der Waals surface area contributed by atoms with Gasteiger partial charge in [0.25, 0.3) is 0 Å². The first-order chi connectivity index (χ1) is 9.78. The Labute approximate surface area is 116 Å². The number of nitrogens with zero attached hydrogens (tertiary/aromatic N) is 4. The van der Waals surface area contributed by atoms with Crippen molar-refractivity contribution in [1.82, 2.24) is 25.1 Å². The number of H-pyrrole nitrogens is 1. The maximum absolute atomic E-state index is 5.88. The van der Waals surface area contributed by atoms with Crippen molar-refractivity contribution in [2.75, 3.05) is 25.6 Å². The molecule has 3 heterocycles. The molecule has 0 aliphatic carbocycles. The van der Waals surface area contributed by atoms with E-state index in [4.69, 9.17) is 10.6 Å². The average Bonchev–Trinajstić information content (AvgIpc) is 2.94. The van der Waals surface area contributed by atoms with E-state index in [2.05, 4.69) is 37.5 Å². The Morgan fingerprint density at radius 1 is 1.50 bits per heavy atom. The van der Waals surface area contributed by atoms with Gasteiger partial charge in [-0.25, -0.2) is 5.84 Å². The van der Waals surface area contributed by atoms with Crippen LogP contribution in [0.4, 0.5) is 5.95 Å². The third-order valence-corrected chi connectivity index (χ3v) is 3.74. The Hall–Kier alpha value is -1.93. The fourth-order valence-corrected chi connectivity index (χ4v) is 2.51. The summed E-state index contributed by atoms with van der Waals surface area (Å²) in [7, 11) is 2.13. The third kappa shape index (κ3) is 2.52. The van der Waals surface area contributed by atoms with Crippen LogP contribution in [0.2, 0.25) is 0 Å². The number of nitrogens with two attached hydrogens (primary N) is 1. The van der Waals surface area contributed by atoms with Gasteiger partial charge < -0.3 is 9.64 Å². The number of aromatic nitrogens is 4. The second-order valence-electron chi connectivity index (χ2n) is 5.07. The fraction of sp³-hybridized carbons (Fsp3) is 0.583. The van der Waals surface area contributed by atoms with Gasteiger partial charge in [-0.15, -0.1) is 0 Å². The molecule has 0 amide bonds. The molecule has 108 valence electrons. The summed E-state index contributed by atoms with van der Waals surface area (Å²) in [5, 5.41) is 7.52. The highest BCUT2D eigenvalue weighted by Crippen LogP contribution is 2.23. The van der Waals surface area contributed by atoms with Crippen LogP contribution >= 0.6 is 0 Å². The lowest BCUT2D eigenvalue weighted by Crippen LogP contribution is -2.40. The Morgan fingerprint density at radius 3 is 3.20 bits per heavy atom. The van der Waals surface area contributed by atoms with E-state index < -0.39 is 0 Å². The van der Waals surface area contributed by atoms with E-state index in [0.29, 0.717) is 30.1 Å². The first kappa shape index (κ1) is 13.1. The number of ether oxygens (including phenoxy) is 1. The molecule has 2 aromatic rings. The van der Waals surface area contributed by atoms with Gasteiger partial charge in [-0.05, 0) is 26.4 Å². The number of aromatic amines is 1. The molecule has 4 N–H and O–H groups in total. The molecule has 0 bridgehead atoms. The topological polar surface area (TPSA) is 105 Å². The summed E-state index contributed by atoms with van der Waals surface area (Å²) in [6.45, 7) is 1.73. The van der Waals surface area contributed by atoms with Gasteiger partial charge in [-0.2, -0.15) is 15.1 Å². The average molecular weight is 277 g/mol. The van der Waals surface area contributed by atoms with Crippen molar-refractivity contribution < 1.29 is 4.74 Å². The minimum atomic E-state index is 0.314. The minimum Gasteiger partial charge on any atom is -0.475 e. The third-order valence-electron chi connectivity index (χ3n) is 3.74. The van der Waals surface area contributed by atoms with Crippen LogP contribution in [0.3, 0.4) is 0 Å². The second kappa shape index (κ2) is 5.59. The Kier molecular flexibility index (Phi) is 3.66. The molecule has 8 heteroatoms. The molecular formula is C12H19N7O. The normalized spacial score (nSPS) is 20.2. The van der Waals surface area contributed by atoms with Crippen LogP contribution in [-0.2, 0) is 0 Å². The number of rotatable bonds is 4. The van der Waals surface area contributed by atoms with Crippen LogP contribution in [0.15, 0.2) is 6.20 Å². The number of hydrogen-bond donors (Lipinski definition) is 3. The summed E-state index contributed by atoms with van der Waals surface area (Å²) in [4.78, 5) is 10.8. The molecule has 3 rings (SSSR count). The molecule has 20 heavy (non-hydrogen) atoms. The molecule has 1 aliphatic heterocycles. The second-order valence-corrected chi connectivity index (χ2v) is 5.07. The van der Waals surface area contributed by atoms with E-state index in [1.807, 2.05) is 0 Å². The van der Waals surface area contributed by atoms with Crippen molar-refractivity contribution >= 4 is 17.0 Å². The lowest BCUT2D eigenvalue weighted by Gasteiger charge is -2.31. The Morgan fingerprint density at radius 2 is 2.40 bits per heavy atom. The van der Waals surface area contributed by atoms with Crippen LogP contribution in [0.1, 0.15) is 19.3 Å². The summed E-state index contributed by atoms with van der Waals surface area (Å²) in [6, 6.07) is 0.426. The van der Waals surface area contributed by atoms with Gasteiger partial charge in [0, 0.05) is 6.04 Å². The number of piperidine rings is 1. The summed E-state index contributed by atoms with van der Waals surface area (Å²) >= 11 is 0. The van der Waals surface area contributed by atoms with E-state index in [-0.39, 0.29) is 0 Å². The van der Waals surface area contributed by atoms with Gasteiger partial charge in [-0.1, -0.05) is 6.42 Å². The van der Waals surface area contributed by atoms with Gasteiger partial charge in [0.15, 0.2) is 5.65 Å². The quantitative estimate of drug-likeness (QED) is 0.552. The van der Waals surface area contributed by atoms with Gasteiger partial charge in [0.05, 0.1) is 6.20 Å². The zero-order valence-electron chi connectivity index (χ0n) is 11.5. The molecule has 0 saturated carbocycles. The number of nitrogen functional groups attached to an aromatic ring is 1. The molecule has 1 saturated heterocycles. The molecule has 1 fully saturated rings. The van der Waals surface area contributed by atoms with Crippen LogP contribution in [0, 0.1) is 0 Å². The van der Waals surface area contributed by atoms with Crippen LogP contribution < -0.4 is 16.0 Å². The maximum Gasteiger partial charge on any atom is 0.242 e. The van der Waals surface area contributed by atoms with Crippen molar-refractivity contribution in [3.8, 4) is 5.88 Å². The van der Waals surface area contributed by atoms with Crippen LogP contribution in [0.25, 0.3) is 11.0 Å². The summed E-state index contributed by atoms with van der Waals surface area (Å²) < 4.78 is 5.88. The molecule has 0 spiro atoms. The van der Waals surface area contributed by atoms with Crippen LogP contribution in [-0.4, -0.2) is 51.3 Å². The minimum absolute atomic E-state index is 0.314. The predicted molar refractivity (Wildman–Crippen MR) is 75.3 cm³/mol. The molecule has 1 unspecified atom stereocenters. The number of fused-ring (bicyclic) bond motifs is 1.